The van der Waals surface area contributed by atoms with Crippen LogP contribution in [0.1, 0.15) is 37.7 Å². The maximum absolute atomic E-state index is 14.4. The number of carbonyl (C=O) groups excluding carboxylic acids is 2. The summed E-state index contributed by atoms with van der Waals surface area (Å²) in [6.45, 7) is 1.51. The Balaban J connectivity index is 1.51. The molecule has 2 aromatic heterocycles. The van der Waals surface area contributed by atoms with E-state index in [-0.39, 0.29) is 62.1 Å². The first-order valence-electron chi connectivity index (χ1n) is 16.2. The van der Waals surface area contributed by atoms with Gasteiger partial charge in [0.1, 0.15) is 15.6 Å². The zero-order valence-corrected chi connectivity index (χ0v) is 31.9. The van der Waals surface area contributed by atoms with Crippen LogP contribution in [0.15, 0.2) is 92.3 Å². The second-order valence-electron chi connectivity index (χ2n) is 12.5. The van der Waals surface area contributed by atoms with Crippen molar-refractivity contribution in [3.63, 3.8) is 0 Å². The maximum atomic E-state index is 14.4. The van der Waals surface area contributed by atoms with Crippen LogP contribution in [0, 0.1) is 6.92 Å². The Labute approximate surface area is 322 Å². The number of fused-ring (bicyclic) bond motifs is 2. The zero-order valence-electron chi connectivity index (χ0n) is 29.5. The van der Waals surface area contributed by atoms with Gasteiger partial charge in [-0.2, -0.15) is 40.2 Å². The van der Waals surface area contributed by atoms with Crippen molar-refractivity contribution in [2.45, 2.75) is 21.6 Å². The Kier molecular flexibility index (Phi) is 9.30. The largest absolute Gasteiger partial charge is 0.357 e. The van der Waals surface area contributed by atoms with E-state index >= 15 is 0 Å². The molecule has 4 aromatic carbocycles. The molecule has 0 spiro atoms. The van der Waals surface area contributed by atoms with E-state index in [2.05, 4.69) is 30.9 Å². The second kappa shape index (κ2) is 13.6. The smallest absolute Gasteiger partial charge is 0.296 e. The van der Waals surface area contributed by atoms with Gasteiger partial charge in [0, 0.05) is 36.2 Å². The zero-order chi connectivity index (χ0) is 41.4. The third-order valence-corrected chi connectivity index (χ3v) is 11.6. The number of hydrogen-bond acceptors (Lipinski definition) is 15. The second-order valence-corrected chi connectivity index (χ2v) is 16.7. The molecule has 1 aliphatic carbocycles. The summed E-state index contributed by atoms with van der Waals surface area (Å²) < 4.78 is 106. The van der Waals surface area contributed by atoms with Gasteiger partial charge in [-0.3, -0.25) is 28.0 Å². The predicted octanol–water partition coefficient (Wildman–Crippen LogP) is 3.74. The molecule has 0 bridgehead atoms. The summed E-state index contributed by atoms with van der Waals surface area (Å²) >= 11 is 0. The Morgan fingerprint density at radius 3 is 1.95 bits per heavy atom. The highest BCUT2D eigenvalue weighted by molar-refractivity contribution is 7.87. The van der Waals surface area contributed by atoms with Gasteiger partial charge in [0.2, 0.25) is 11.9 Å². The molecule has 6 aromatic rings. The molecule has 0 saturated heterocycles. The van der Waals surface area contributed by atoms with Crippen LogP contribution in [0.2, 0.25) is 0 Å². The highest BCUT2D eigenvalue weighted by Gasteiger charge is 2.35. The Morgan fingerprint density at radius 1 is 0.684 bits per heavy atom. The van der Waals surface area contributed by atoms with Gasteiger partial charge in [-0.15, -0.1) is 0 Å². The van der Waals surface area contributed by atoms with Crippen LogP contribution in [-0.2, 0) is 37.4 Å². The Hall–Kier alpha value is -6.43. The molecule has 7 rings (SSSR count). The summed E-state index contributed by atoms with van der Waals surface area (Å²) in [7, 11) is -12.4. The highest BCUT2D eigenvalue weighted by atomic mass is 32.2. The molecular formula is C35H27N7O12S3. The molecule has 0 aliphatic heterocycles. The lowest BCUT2D eigenvalue weighted by Gasteiger charge is -2.26. The summed E-state index contributed by atoms with van der Waals surface area (Å²) in [6, 6.07) is 14.5. The lowest BCUT2D eigenvalue weighted by atomic mass is 9.80. The summed E-state index contributed by atoms with van der Waals surface area (Å²) in [5.74, 6) is -1.60. The van der Waals surface area contributed by atoms with Crippen LogP contribution in [-0.4, -0.2) is 77.0 Å². The van der Waals surface area contributed by atoms with Gasteiger partial charge in [-0.1, -0.05) is 36.4 Å². The third-order valence-electron chi connectivity index (χ3n) is 8.98. The third kappa shape index (κ3) is 6.89. The number of nitrogens with one attached hydrogen (secondary N) is 3. The molecule has 0 unspecified atom stereocenters. The van der Waals surface area contributed by atoms with Crippen molar-refractivity contribution in [3.8, 4) is 11.1 Å². The molecule has 0 saturated carbocycles. The standard InChI is InChI=1S/C35H27N7O12S3/c1-16-37-34(36-2)41-35(38-16)40-23-14-22(25(56(49,50)51)15-26(23)57(52,53)54)39-21-11-12-24-29-27(19-9-4-5-10-20(19)32(44)28(21)29)30(33(45)42(24)3)31(43)17-7-6-8-18(13-17)55(46,47)48/h4-15,39H,1-3H3,(H,46,47,48)(H,49,50,51)(H,52,53,54)(H2,36,37,38,40,41). The molecule has 0 radical (unpaired) electrons. The van der Waals surface area contributed by atoms with E-state index in [9.17, 15) is 53.3 Å². The van der Waals surface area contributed by atoms with Crippen LogP contribution >= 0.6 is 0 Å². The van der Waals surface area contributed by atoms with E-state index in [1.54, 1.807) is 6.07 Å². The van der Waals surface area contributed by atoms with Crippen LogP contribution in [0.5, 0.6) is 0 Å². The number of aromatic nitrogens is 4. The van der Waals surface area contributed by atoms with Crippen molar-refractivity contribution in [2.24, 2.45) is 7.05 Å². The van der Waals surface area contributed by atoms with Crippen molar-refractivity contribution in [1.82, 2.24) is 19.5 Å². The number of pyridine rings is 1. The lowest BCUT2D eigenvalue weighted by Crippen LogP contribution is -2.29. The van der Waals surface area contributed by atoms with Crippen LogP contribution in [0.3, 0.4) is 0 Å². The van der Waals surface area contributed by atoms with Crippen LogP contribution < -0.4 is 21.5 Å². The van der Waals surface area contributed by atoms with E-state index < -0.39 is 79.1 Å². The molecule has 0 fully saturated rings. The number of nitrogens with zero attached hydrogens (tertiary/aromatic N) is 4. The number of anilines is 5. The van der Waals surface area contributed by atoms with Crippen molar-refractivity contribution in [2.75, 3.05) is 23.0 Å². The Bertz CT molecular complexity index is 3190. The molecular weight excluding hydrogens is 807 g/mol. The topological polar surface area (TPSA) is 294 Å². The molecule has 0 amide bonds. The Morgan fingerprint density at radius 2 is 1.32 bits per heavy atom. The number of hydrogen-bond donors (Lipinski definition) is 6. The lowest BCUT2D eigenvalue weighted by molar-refractivity contribution is 0.102. The van der Waals surface area contributed by atoms with Gasteiger partial charge in [-0.25, -0.2) is 0 Å². The van der Waals surface area contributed by atoms with Crippen LogP contribution in [0.25, 0.3) is 22.0 Å². The normalized spacial score (nSPS) is 12.6. The maximum Gasteiger partial charge on any atom is 0.296 e. The summed E-state index contributed by atoms with van der Waals surface area (Å²) in [6.07, 6.45) is 0. The number of carbonyl (C=O) groups is 2. The van der Waals surface area contributed by atoms with E-state index in [0.29, 0.717) is 6.07 Å². The molecule has 1 aliphatic rings. The van der Waals surface area contributed by atoms with Crippen molar-refractivity contribution in [3.05, 3.63) is 111 Å². The fourth-order valence-corrected chi connectivity index (χ4v) is 8.44. The van der Waals surface area contributed by atoms with Crippen molar-refractivity contribution < 1.29 is 48.5 Å². The minimum absolute atomic E-state index is 0.0131. The number of ketones is 2. The minimum Gasteiger partial charge on any atom is -0.357 e. The fraction of sp³-hybridized carbons (Fsp3) is 0.0857. The number of aryl methyl sites for hydroxylation is 2. The molecule has 19 nitrogen and oxygen atoms in total. The summed E-state index contributed by atoms with van der Waals surface area (Å²) in [5.41, 5.74) is -2.58. The monoisotopic (exact) mass is 833 g/mol. The van der Waals surface area contributed by atoms with Gasteiger partial charge < -0.3 is 20.5 Å². The van der Waals surface area contributed by atoms with Crippen molar-refractivity contribution in [1.29, 1.82) is 0 Å². The minimum atomic E-state index is -5.29. The SMILES string of the molecule is CNc1nc(C)nc(Nc2cc(Nc3ccc4c5c3C(=O)c3ccccc3-c5c(C(=O)c3cccc(S(=O)(=O)O)c3)c(=O)n4C)c(S(=O)(=O)O)cc2S(=O)(=O)O)n1. The van der Waals surface area contributed by atoms with E-state index in [0.717, 1.165) is 22.8 Å². The quantitative estimate of drug-likeness (QED) is 0.0845. The number of benzene rings is 4. The van der Waals surface area contributed by atoms with Gasteiger partial charge in [-0.05, 0) is 48.9 Å². The van der Waals surface area contributed by atoms with Crippen LogP contribution in [0.4, 0.5) is 29.0 Å². The molecule has 22 heteroatoms. The average Bonchev–Trinajstić information content (AvgIpc) is 3.13. The summed E-state index contributed by atoms with van der Waals surface area (Å²) in [4.78, 5) is 52.3. The summed E-state index contributed by atoms with van der Waals surface area (Å²) in [5, 5.41) is 8.13. The first kappa shape index (κ1) is 38.8. The number of rotatable bonds is 10. The average molecular weight is 834 g/mol. The molecule has 292 valence electrons. The first-order valence-corrected chi connectivity index (χ1v) is 20.5. The fourth-order valence-electron chi connectivity index (χ4n) is 6.53. The van der Waals surface area contributed by atoms with Gasteiger partial charge >= 0.3 is 0 Å². The molecule has 6 N–H and O–H groups in total. The molecule has 57 heavy (non-hydrogen) atoms. The van der Waals surface area contributed by atoms with Gasteiger partial charge in [0.05, 0.1) is 38.6 Å². The predicted molar refractivity (Wildman–Crippen MR) is 204 cm³/mol. The highest BCUT2D eigenvalue weighted by Crippen LogP contribution is 2.45. The van der Waals surface area contributed by atoms with Gasteiger partial charge in [0.25, 0.3) is 35.9 Å². The first-order chi connectivity index (χ1) is 26.7. The molecule has 0 atom stereocenters. The van der Waals surface area contributed by atoms with E-state index in [1.807, 2.05) is 0 Å². The van der Waals surface area contributed by atoms with E-state index in [4.69, 9.17) is 0 Å². The van der Waals surface area contributed by atoms with Gasteiger partial charge in [0.15, 0.2) is 11.6 Å². The molecule has 2 heterocycles. The van der Waals surface area contributed by atoms with Crippen molar-refractivity contribution >= 4 is 81.8 Å². The van der Waals surface area contributed by atoms with E-state index in [1.165, 1.54) is 63.5 Å².